The molecule has 0 aliphatic rings. The van der Waals surface area contributed by atoms with E-state index in [4.69, 9.17) is 9.47 Å². The number of amides is 1. The van der Waals surface area contributed by atoms with Crippen LogP contribution in [-0.2, 0) is 9.53 Å². The molecule has 0 aliphatic heterocycles. The topological polar surface area (TPSA) is 80.2 Å². The van der Waals surface area contributed by atoms with E-state index in [9.17, 15) is 9.90 Å². The van der Waals surface area contributed by atoms with Crippen molar-refractivity contribution in [1.82, 2.24) is 5.43 Å². The molecule has 1 amide bonds. The number of hydrogen-bond donors (Lipinski definition) is 2. The SMILES string of the molecule is COc1cccc(C=NNC(=O)C(OC)c2ccccc2)c1O. The summed E-state index contributed by atoms with van der Waals surface area (Å²) >= 11 is 0. The van der Waals surface area contributed by atoms with E-state index >= 15 is 0 Å². The van der Waals surface area contributed by atoms with Gasteiger partial charge >= 0.3 is 0 Å². The number of nitrogens with one attached hydrogen (secondary N) is 1. The van der Waals surface area contributed by atoms with Gasteiger partial charge in [-0.15, -0.1) is 0 Å². The van der Waals surface area contributed by atoms with Gasteiger partial charge in [0.1, 0.15) is 0 Å². The molecular weight excluding hydrogens is 296 g/mol. The molecule has 2 N–H and O–H groups in total. The van der Waals surface area contributed by atoms with Gasteiger partial charge in [-0.3, -0.25) is 4.79 Å². The Bertz CT molecular complexity index is 686. The minimum atomic E-state index is -0.757. The molecule has 0 saturated carbocycles. The molecule has 0 fully saturated rings. The molecule has 23 heavy (non-hydrogen) atoms. The van der Waals surface area contributed by atoms with Crippen molar-refractivity contribution < 1.29 is 19.4 Å². The van der Waals surface area contributed by atoms with Crippen molar-refractivity contribution in [2.24, 2.45) is 5.10 Å². The summed E-state index contributed by atoms with van der Waals surface area (Å²) in [6.07, 6.45) is 0.584. The van der Waals surface area contributed by atoms with Crippen LogP contribution in [0.25, 0.3) is 0 Å². The van der Waals surface area contributed by atoms with Gasteiger partial charge < -0.3 is 14.6 Å². The van der Waals surface area contributed by atoms with E-state index in [1.165, 1.54) is 20.4 Å². The first-order chi connectivity index (χ1) is 11.2. The zero-order valence-electron chi connectivity index (χ0n) is 12.9. The minimum absolute atomic E-state index is 0.0423. The van der Waals surface area contributed by atoms with E-state index in [2.05, 4.69) is 10.5 Å². The highest BCUT2D eigenvalue weighted by molar-refractivity contribution is 5.87. The van der Waals surface area contributed by atoms with Crippen molar-refractivity contribution in [2.75, 3.05) is 14.2 Å². The Kier molecular flexibility index (Phi) is 5.71. The largest absolute Gasteiger partial charge is 0.504 e. The van der Waals surface area contributed by atoms with Crippen LogP contribution in [-0.4, -0.2) is 31.4 Å². The van der Waals surface area contributed by atoms with Gasteiger partial charge in [0.15, 0.2) is 17.6 Å². The summed E-state index contributed by atoms with van der Waals surface area (Å²) in [5.41, 5.74) is 3.56. The Morgan fingerprint density at radius 1 is 1.17 bits per heavy atom. The average Bonchev–Trinajstić information content (AvgIpc) is 2.58. The predicted octanol–water partition coefficient (Wildman–Crippen LogP) is 2.24. The highest BCUT2D eigenvalue weighted by Gasteiger charge is 2.19. The Morgan fingerprint density at radius 2 is 1.91 bits per heavy atom. The number of aromatic hydroxyl groups is 1. The molecule has 0 aromatic heterocycles. The van der Waals surface area contributed by atoms with Crippen molar-refractivity contribution in [1.29, 1.82) is 0 Å². The van der Waals surface area contributed by atoms with Crippen LogP contribution in [0.3, 0.4) is 0 Å². The summed E-state index contributed by atoms with van der Waals surface area (Å²) in [5.74, 6) is -0.115. The number of methoxy groups -OCH3 is 2. The van der Waals surface area contributed by atoms with Crippen LogP contribution in [0.5, 0.6) is 11.5 Å². The first-order valence-electron chi connectivity index (χ1n) is 6.94. The summed E-state index contributed by atoms with van der Waals surface area (Å²) < 4.78 is 10.2. The lowest BCUT2D eigenvalue weighted by Gasteiger charge is -2.13. The van der Waals surface area contributed by atoms with Crippen molar-refractivity contribution in [3.63, 3.8) is 0 Å². The van der Waals surface area contributed by atoms with E-state index in [-0.39, 0.29) is 5.75 Å². The maximum Gasteiger partial charge on any atom is 0.273 e. The van der Waals surface area contributed by atoms with Gasteiger partial charge in [0.05, 0.1) is 13.3 Å². The molecule has 6 nitrogen and oxygen atoms in total. The van der Waals surface area contributed by atoms with Crippen LogP contribution in [0.1, 0.15) is 17.2 Å². The second-order valence-electron chi connectivity index (χ2n) is 4.66. The van der Waals surface area contributed by atoms with Gasteiger partial charge in [-0.1, -0.05) is 36.4 Å². The summed E-state index contributed by atoms with van der Waals surface area (Å²) in [5, 5.41) is 13.8. The third-order valence-electron chi connectivity index (χ3n) is 3.20. The first-order valence-corrected chi connectivity index (χ1v) is 6.94. The molecule has 0 radical (unpaired) electrons. The lowest BCUT2D eigenvalue weighted by atomic mass is 10.1. The summed E-state index contributed by atoms with van der Waals surface area (Å²) in [7, 11) is 2.91. The van der Waals surface area contributed by atoms with Gasteiger partial charge in [-0.2, -0.15) is 5.10 Å². The second-order valence-corrected chi connectivity index (χ2v) is 4.66. The molecule has 0 spiro atoms. The van der Waals surface area contributed by atoms with E-state index in [1.54, 1.807) is 30.3 Å². The molecule has 0 heterocycles. The van der Waals surface area contributed by atoms with E-state index in [0.717, 1.165) is 5.56 Å². The fourth-order valence-corrected chi connectivity index (χ4v) is 2.05. The van der Waals surface area contributed by atoms with E-state index < -0.39 is 12.0 Å². The molecular formula is C17H18N2O4. The zero-order valence-corrected chi connectivity index (χ0v) is 12.9. The van der Waals surface area contributed by atoms with Crippen LogP contribution in [0.15, 0.2) is 53.6 Å². The Labute approximate surface area is 134 Å². The zero-order chi connectivity index (χ0) is 16.7. The minimum Gasteiger partial charge on any atom is -0.504 e. The molecule has 2 rings (SSSR count). The number of hydrogen-bond acceptors (Lipinski definition) is 5. The predicted molar refractivity (Wildman–Crippen MR) is 86.6 cm³/mol. The number of ether oxygens (including phenoxy) is 2. The molecule has 0 aliphatic carbocycles. The number of nitrogens with zero attached hydrogens (tertiary/aromatic N) is 1. The van der Waals surface area contributed by atoms with Crippen LogP contribution in [0, 0.1) is 0 Å². The molecule has 2 aromatic carbocycles. The number of carbonyl (C=O) groups excluding carboxylic acids is 1. The van der Waals surface area contributed by atoms with Gasteiger partial charge in [0, 0.05) is 12.7 Å². The van der Waals surface area contributed by atoms with Gasteiger partial charge in [-0.05, 0) is 17.7 Å². The lowest BCUT2D eigenvalue weighted by molar-refractivity contribution is -0.131. The van der Waals surface area contributed by atoms with Gasteiger partial charge in [0.2, 0.25) is 0 Å². The molecule has 1 unspecified atom stereocenters. The summed E-state index contributed by atoms with van der Waals surface area (Å²) in [6.45, 7) is 0. The van der Waals surface area contributed by atoms with Crippen LogP contribution in [0.4, 0.5) is 0 Å². The van der Waals surface area contributed by atoms with Crippen LogP contribution in [0.2, 0.25) is 0 Å². The van der Waals surface area contributed by atoms with Crippen molar-refractivity contribution in [2.45, 2.75) is 6.10 Å². The summed E-state index contributed by atoms with van der Waals surface area (Å²) in [6, 6.07) is 14.1. The number of phenols is 1. The fraction of sp³-hybridized carbons (Fsp3) is 0.176. The molecule has 0 bridgehead atoms. The van der Waals surface area contributed by atoms with Crippen LogP contribution < -0.4 is 10.2 Å². The molecule has 1 atom stereocenters. The maximum absolute atomic E-state index is 12.1. The molecule has 0 saturated heterocycles. The maximum atomic E-state index is 12.1. The number of benzene rings is 2. The van der Waals surface area contributed by atoms with Gasteiger partial charge in [-0.25, -0.2) is 5.43 Å². The number of para-hydroxylation sites is 1. The fourth-order valence-electron chi connectivity index (χ4n) is 2.05. The number of carbonyl (C=O) groups is 1. The third-order valence-corrected chi connectivity index (χ3v) is 3.20. The van der Waals surface area contributed by atoms with Crippen molar-refractivity contribution in [3.05, 3.63) is 59.7 Å². The number of hydrazone groups is 1. The smallest absolute Gasteiger partial charge is 0.273 e. The Morgan fingerprint density at radius 3 is 2.57 bits per heavy atom. The third kappa shape index (κ3) is 4.08. The lowest BCUT2D eigenvalue weighted by Crippen LogP contribution is -2.26. The number of rotatable bonds is 6. The first kappa shape index (κ1) is 16.5. The quantitative estimate of drug-likeness (QED) is 0.633. The molecule has 120 valence electrons. The second kappa shape index (κ2) is 7.95. The van der Waals surface area contributed by atoms with E-state index in [1.807, 2.05) is 18.2 Å². The Hall–Kier alpha value is -2.86. The monoisotopic (exact) mass is 314 g/mol. The van der Waals surface area contributed by atoms with Crippen molar-refractivity contribution >= 4 is 12.1 Å². The normalized spacial score (nSPS) is 12.1. The van der Waals surface area contributed by atoms with E-state index in [0.29, 0.717) is 11.3 Å². The molecule has 2 aromatic rings. The highest BCUT2D eigenvalue weighted by atomic mass is 16.5. The number of phenolic OH excluding ortho intramolecular Hbond substituents is 1. The summed E-state index contributed by atoms with van der Waals surface area (Å²) in [4.78, 5) is 12.1. The van der Waals surface area contributed by atoms with Gasteiger partial charge in [0.25, 0.3) is 5.91 Å². The molecule has 6 heteroatoms. The average molecular weight is 314 g/mol. The van der Waals surface area contributed by atoms with Crippen molar-refractivity contribution in [3.8, 4) is 11.5 Å². The van der Waals surface area contributed by atoms with Crippen LogP contribution >= 0.6 is 0 Å². The standard InChI is InChI=1S/C17H18N2O4/c1-22-14-10-6-9-13(15(14)20)11-18-19-17(21)16(23-2)12-7-4-3-5-8-12/h3-11,16,20H,1-2H3,(H,19,21). The Balaban J connectivity index is 2.06. The highest BCUT2D eigenvalue weighted by Crippen LogP contribution is 2.27.